The molecule has 2 rings (SSSR count). The minimum absolute atomic E-state index is 0.226. The summed E-state index contributed by atoms with van der Waals surface area (Å²) in [6, 6.07) is 4.45. The van der Waals surface area contributed by atoms with Crippen LogP contribution in [0.25, 0.3) is 0 Å². The first-order chi connectivity index (χ1) is 10.1. The summed E-state index contributed by atoms with van der Waals surface area (Å²) in [6.07, 6.45) is 1.71. The molecule has 0 saturated carbocycles. The van der Waals surface area contributed by atoms with Gasteiger partial charge in [0.1, 0.15) is 11.6 Å². The molecule has 0 radical (unpaired) electrons. The molecule has 1 aromatic rings. The summed E-state index contributed by atoms with van der Waals surface area (Å²) in [6.45, 7) is 4.12. The highest BCUT2D eigenvalue weighted by molar-refractivity contribution is 7.99. The molecule has 118 valence electrons. The zero-order valence-electron chi connectivity index (χ0n) is 12.7. The van der Waals surface area contributed by atoms with E-state index >= 15 is 0 Å². The number of rotatable bonds is 6. The third-order valence-electron chi connectivity index (χ3n) is 3.94. The van der Waals surface area contributed by atoms with Gasteiger partial charge in [0.05, 0.1) is 0 Å². The van der Waals surface area contributed by atoms with Gasteiger partial charge in [-0.1, -0.05) is 6.92 Å². The zero-order chi connectivity index (χ0) is 15.2. The van der Waals surface area contributed by atoms with Crippen molar-refractivity contribution in [3.63, 3.8) is 0 Å². The molecule has 1 fully saturated rings. The highest BCUT2D eigenvalue weighted by Gasteiger charge is 2.27. The van der Waals surface area contributed by atoms with E-state index in [0.717, 1.165) is 42.6 Å². The molecular weight excluding hydrogens is 290 g/mol. The smallest absolute Gasteiger partial charge is 0.126 e. The largest absolute Gasteiger partial charge is 0.312 e. The second-order valence-corrected chi connectivity index (χ2v) is 6.82. The second kappa shape index (κ2) is 8.11. The van der Waals surface area contributed by atoms with Crippen molar-refractivity contribution in [2.24, 2.45) is 0 Å². The molecule has 1 aromatic carbocycles. The molecule has 1 heterocycles. The third-order valence-corrected chi connectivity index (χ3v) is 4.99. The monoisotopic (exact) mass is 314 g/mol. The van der Waals surface area contributed by atoms with E-state index < -0.39 is 11.6 Å². The summed E-state index contributed by atoms with van der Waals surface area (Å²) >= 11 is 1.96. The van der Waals surface area contributed by atoms with Crippen LogP contribution in [0.1, 0.15) is 18.9 Å². The standard InChI is InChI=1S/C16H24F2N2S/c1-3-4-19-15(16-11-21-6-5-20(16)2)9-12-7-13(17)10-14(18)8-12/h7-8,10,15-16,19H,3-6,9,11H2,1-2H3. The van der Waals surface area contributed by atoms with Crippen LogP contribution in [-0.2, 0) is 6.42 Å². The van der Waals surface area contributed by atoms with Crippen molar-refractivity contribution in [3.05, 3.63) is 35.4 Å². The van der Waals surface area contributed by atoms with Crippen molar-refractivity contribution in [1.82, 2.24) is 10.2 Å². The molecule has 1 aliphatic rings. The summed E-state index contributed by atoms with van der Waals surface area (Å²) in [7, 11) is 2.14. The first-order valence-electron chi connectivity index (χ1n) is 7.56. The number of benzene rings is 1. The summed E-state index contributed by atoms with van der Waals surface area (Å²) in [4.78, 5) is 2.36. The maximum Gasteiger partial charge on any atom is 0.126 e. The minimum Gasteiger partial charge on any atom is -0.312 e. The molecule has 0 bridgehead atoms. The molecule has 2 unspecified atom stereocenters. The molecule has 0 aliphatic carbocycles. The number of hydrogen-bond acceptors (Lipinski definition) is 3. The van der Waals surface area contributed by atoms with Gasteiger partial charge < -0.3 is 10.2 Å². The summed E-state index contributed by atoms with van der Waals surface area (Å²) in [5.41, 5.74) is 0.727. The third kappa shape index (κ3) is 4.94. The van der Waals surface area contributed by atoms with E-state index in [1.54, 1.807) is 0 Å². The van der Waals surface area contributed by atoms with Crippen molar-refractivity contribution in [2.45, 2.75) is 31.8 Å². The van der Waals surface area contributed by atoms with E-state index in [4.69, 9.17) is 0 Å². The molecule has 0 spiro atoms. The Hall–Kier alpha value is -0.650. The second-order valence-electron chi connectivity index (χ2n) is 5.67. The van der Waals surface area contributed by atoms with Crippen LogP contribution in [0.15, 0.2) is 18.2 Å². The predicted molar refractivity (Wildman–Crippen MR) is 85.9 cm³/mol. The Morgan fingerprint density at radius 3 is 2.67 bits per heavy atom. The molecule has 2 atom stereocenters. The van der Waals surface area contributed by atoms with Crippen LogP contribution in [0, 0.1) is 11.6 Å². The molecule has 0 amide bonds. The SMILES string of the molecule is CCCNC(Cc1cc(F)cc(F)c1)C1CSCCN1C. The van der Waals surface area contributed by atoms with Crippen molar-refractivity contribution < 1.29 is 8.78 Å². The van der Waals surface area contributed by atoms with Gasteiger partial charge >= 0.3 is 0 Å². The maximum atomic E-state index is 13.4. The normalized spacial score (nSPS) is 21.4. The van der Waals surface area contributed by atoms with Crippen LogP contribution >= 0.6 is 11.8 Å². The fourth-order valence-electron chi connectivity index (χ4n) is 2.79. The summed E-state index contributed by atoms with van der Waals surface area (Å²) in [5, 5.41) is 3.56. The molecular formula is C16H24F2N2S. The molecule has 2 nitrogen and oxygen atoms in total. The van der Waals surface area contributed by atoms with Gasteiger partial charge in [0.25, 0.3) is 0 Å². The maximum absolute atomic E-state index is 13.4. The first kappa shape index (κ1) is 16.7. The molecule has 0 aromatic heterocycles. The average molecular weight is 314 g/mol. The lowest BCUT2D eigenvalue weighted by Gasteiger charge is -2.38. The number of likely N-dealkylation sites (N-methyl/N-ethyl adjacent to an activating group) is 1. The lowest BCUT2D eigenvalue weighted by molar-refractivity contribution is 0.213. The molecule has 5 heteroatoms. The number of hydrogen-bond donors (Lipinski definition) is 1. The van der Waals surface area contributed by atoms with Crippen LogP contribution < -0.4 is 5.32 Å². The van der Waals surface area contributed by atoms with Gasteiger partial charge in [0.15, 0.2) is 0 Å². The minimum atomic E-state index is -0.495. The van der Waals surface area contributed by atoms with Gasteiger partial charge in [0.2, 0.25) is 0 Å². The lowest BCUT2D eigenvalue weighted by atomic mass is 9.98. The van der Waals surface area contributed by atoms with Crippen molar-refractivity contribution in [3.8, 4) is 0 Å². The van der Waals surface area contributed by atoms with E-state index in [-0.39, 0.29) is 6.04 Å². The van der Waals surface area contributed by atoms with Crippen LogP contribution in [0.4, 0.5) is 8.78 Å². The zero-order valence-corrected chi connectivity index (χ0v) is 13.6. The molecule has 1 aliphatic heterocycles. The van der Waals surface area contributed by atoms with Gasteiger partial charge in [-0.25, -0.2) is 8.78 Å². The van der Waals surface area contributed by atoms with Crippen LogP contribution in [0.3, 0.4) is 0 Å². The Labute approximate surface area is 130 Å². The highest BCUT2D eigenvalue weighted by Crippen LogP contribution is 2.20. The van der Waals surface area contributed by atoms with Crippen LogP contribution in [0.5, 0.6) is 0 Å². The Bertz CT molecular complexity index is 436. The van der Waals surface area contributed by atoms with Crippen LogP contribution in [0.2, 0.25) is 0 Å². The predicted octanol–water partition coefficient (Wildman–Crippen LogP) is 2.92. The van der Waals surface area contributed by atoms with Gasteiger partial charge in [-0.05, 0) is 44.1 Å². The van der Waals surface area contributed by atoms with Gasteiger partial charge in [-0.15, -0.1) is 0 Å². The van der Waals surface area contributed by atoms with Crippen LogP contribution in [-0.4, -0.2) is 48.6 Å². The quantitative estimate of drug-likeness (QED) is 0.869. The number of nitrogens with one attached hydrogen (secondary N) is 1. The molecule has 1 saturated heterocycles. The summed E-state index contributed by atoms with van der Waals surface area (Å²) in [5.74, 6) is 1.23. The Morgan fingerprint density at radius 2 is 2.05 bits per heavy atom. The highest BCUT2D eigenvalue weighted by atomic mass is 32.2. The Balaban J connectivity index is 2.11. The fourth-order valence-corrected chi connectivity index (χ4v) is 4.10. The summed E-state index contributed by atoms with van der Waals surface area (Å²) < 4.78 is 26.7. The number of nitrogens with zero attached hydrogens (tertiary/aromatic N) is 1. The lowest BCUT2D eigenvalue weighted by Crippen LogP contribution is -2.53. The number of halogens is 2. The number of thioether (sulfide) groups is 1. The van der Waals surface area contributed by atoms with E-state index in [1.807, 2.05) is 11.8 Å². The first-order valence-corrected chi connectivity index (χ1v) is 8.72. The van der Waals surface area contributed by atoms with Gasteiger partial charge in [0, 0.05) is 36.2 Å². The van der Waals surface area contributed by atoms with E-state index in [9.17, 15) is 8.78 Å². The van der Waals surface area contributed by atoms with Gasteiger partial charge in [-0.3, -0.25) is 0 Å². The van der Waals surface area contributed by atoms with Gasteiger partial charge in [-0.2, -0.15) is 11.8 Å². The fraction of sp³-hybridized carbons (Fsp3) is 0.625. The Kier molecular flexibility index (Phi) is 6.45. The van der Waals surface area contributed by atoms with Crippen molar-refractivity contribution in [2.75, 3.05) is 31.6 Å². The average Bonchev–Trinajstić information content (AvgIpc) is 2.43. The van der Waals surface area contributed by atoms with E-state index in [2.05, 4.69) is 24.2 Å². The Morgan fingerprint density at radius 1 is 1.33 bits per heavy atom. The van der Waals surface area contributed by atoms with E-state index in [1.165, 1.54) is 12.1 Å². The van der Waals surface area contributed by atoms with Crippen molar-refractivity contribution >= 4 is 11.8 Å². The van der Waals surface area contributed by atoms with Crippen molar-refractivity contribution in [1.29, 1.82) is 0 Å². The molecule has 21 heavy (non-hydrogen) atoms. The topological polar surface area (TPSA) is 15.3 Å². The van der Waals surface area contributed by atoms with E-state index in [0.29, 0.717) is 12.5 Å². The molecule has 1 N–H and O–H groups in total.